The van der Waals surface area contributed by atoms with Gasteiger partial charge in [-0.3, -0.25) is 4.79 Å². The van der Waals surface area contributed by atoms with Crippen molar-refractivity contribution in [3.63, 3.8) is 0 Å². The smallest absolute Gasteiger partial charge is 0.325 e. The third-order valence-electron chi connectivity index (χ3n) is 3.66. The molecule has 0 spiro atoms. The van der Waals surface area contributed by atoms with Gasteiger partial charge in [0, 0.05) is 6.54 Å². The Hall–Kier alpha value is -0.620. The first-order valence-corrected chi connectivity index (χ1v) is 7.34. The summed E-state index contributed by atoms with van der Waals surface area (Å²) in [6.45, 7) is 0.370. The standard InChI is InChI=1S/C10H17NO4S/c12-9(13)10(5-1-2-6-10)11-7-3-4-8-16(11,14)15/h1-8H2,(H,12,13). The number of carboxylic acids is 1. The van der Waals surface area contributed by atoms with Crippen LogP contribution >= 0.6 is 0 Å². The monoisotopic (exact) mass is 247 g/mol. The maximum atomic E-state index is 11.9. The molecule has 6 heteroatoms. The van der Waals surface area contributed by atoms with E-state index < -0.39 is 21.5 Å². The van der Waals surface area contributed by atoms with E-state index in [0.717, 1.165) is 19.3 Å². The lowest BCUT2D eigenvalue weighted by Crippen LogP contribution is -2.57. The molecule has 0 unspecified atom stereocenters. The van der Waals surface area contributed by atoms with Crippen LogP contribution in [-0.2, 0) is 14.8 Å². The van der Waals surface area contributed by atoms with Crippen LogP contribution in [0, 0.1) is 0 Å². The van der Waals surface area contributed by atoms with Crippen LogP contribution in [0.2, 0.25) is 0 Å². The minimum absolute atomic E-state index is 0.0992. The van der Waals surface area contributed by atoms with Gasteiger partial charge in [-0.25, -0.2) is 8.42 Å². The lowest BCUT2D eigenvalue weighted by atomic mass is 9.97. The van der Waals surface area contributed by atoms with Gasteiger partial charge < -0.3 is 5.11 Å². The average Bonchev–Trinajstić information content (AvgIpc) is 2.66. The molecule has 0 atom stereocenters. The van der Waals surface area contributed by atoms with Gasteiger partial charge in [0.25, 0.3) is 0 Å². The number of carbonyl (C=O) groups is 1. The third kappa shape index (κ3) is 1.73. The van der Waals surface area contributed by atoms with Crippen LogP contribution < -0.4 is 0 Å². The Bertz CT molecular complexity index is 384. The Kier molecular flexibility index (Phi) is 2.96. The van der Waals surface area contributed by atoms with Crippen molar-refractivity contribution in [2.75, 3.05) is 12.3 Å². The second-order valence-electron chi connectivity index (χ2n) is 4.64. The number of carboxylic acid groups (broad SMARTS) is 1. The summed E-state index contributed by atoms with van der Waals surface area (Å²) in [6, 6.07) is 0. The molecule has 1 saturated carbocycles. The fourth-order valence-electron chi connectivity index (χ4n) is 2.80. The van der Waals surface area contributed by atoms with Gasteiger partial charge in [-0.15, -0.1) is 0 Å². The van der Waals surface area contributed by atoms with Crippen molar-refractivity contribution < 1.29 is 18.3 Å². The highest BCUT2D eigenvalue weighted by atomic mass is 32.2. The Balaban J connectivity index is 2.36. The van der Waals surface area contributed by atoms with Crippen molar-refractivity contribution in [2.24, 2.45) is 0 Å². The van der Waals surface area contributed by atoms with Crippen LogP contribution in [0.1, 0.15) is 38.5 Å². The van der Waals surface area contributed by atoms with Gasteiger partial charge in [0.15, 0.2) is 0 Å². The van der Waals surface area contributed by atoms with Crippen LogP contribution in [-0.4, -0.2) is 41.6 Å². The molecular weight excluding hydrogens is 230 g/mol. The molecule has 0 bridgehead atoms. The van der Waals surface area contributed by atoms with Gasteiger partial charge in [-0.1, -0.05) is 12.8 Å². The average molecular weight is 247 g/mol. The summed E-state index contributed by atoms with van der Waals surface area (Å²) in [5.41, 5.74) is -1.14. The van der Waals surface area contributed by atoms with Gasteiger partial charge in [0.1, 0.15) is 5.54 Å². The summed E-state index contributed by atoms with van der Waals surface area (Å²) < 4.78 is 25.1. The molecule has 1 saturated heterocycles. The second kappa shape index (κ2) is 4.00. The molecule has 2 aliphatic rings. The molecule has 1 aliphatic heterocycles. The Morgan fingerprint density at radius 2 is 1.75 bits per heavy atom. The number of rotatable bonds is 2. The van der Waals surface area contributed by atoms with E-state index in [-0.39, 0.29) is 5.75 Å². The number of hydrogen-bond acceptors (Lipinski definition) is 3. The summed E-state index contributed by atoms with van der Waals surface area (Å²) in [5, 5.41) is 9.34. The number of hydrogen-bond donors (Lipinski definition) is 1. The minimum Gasteiger partial charge on any atom is -0.480 e. The molecule has 1 N–H and O–H groups in total. The van der Waals surface area contributed by atoms with Crippen LogP contribution in [0.3, 0.4) is 0 Å². The zero-order chi connectivity index (χ0) is 11.8. The molecule has 5 nitrogen and oxygen atoms in total. The van der Waals surface area contributed by atoms with Crippen molar-refractivity contribution >= 4 is 16.0 Å². The highest BCUT2D eigenvalue weighted by Crippen LogP contribution is 2.38. The zero-order valence-electron chi connectivity index (χ0n) is 9.18. The molecule has 0 aromatic heterocycles. The molecule has 0 aromatic carbocycles. The number of aliphatic carboxylic acids is 1. The first-order chi connectivity index (χ1) is 7.49. The number of sulfonamides is 1. The first kappa shape index (κ1) is 11.9. The van der Waals surface area contributed by atoms with Gasteiger partial charge in [-0.05, 0) is 25.7 Å². The molecule has 0 aromatic rings. The first-order valence-electron chi connectivity index (χ1n) is 5.73. The summed E-state index contributed by atoms with van der Waals surface area (Å²) in [6.07, 6.45) is 3.95. The highest BCUT2D eigenvalue weighted by molar-refractivity contribution is 7.89. The normalized spacial score (nSPS) is 29.0. The molecule has 2 rings (SSSR count). The molecule has 1 aliphatic carbocycles. The van der Waals surface area contributed by atoms with Gasteiger partial charge >= 0.3 is 5.97 Å². The van der Waals surface area contributed by atoms with E-state index in [1.165, 1.54) is 4.31 Å². The summed E-state index contributed by atoms with van der Waals surface area (Å²) in [7, 11) is -3.36. The van der Waals surface area contributed by atoms with Crippen molar-refractivity contribution in [3.05, 3.63) is 0 Å². The molecule has 0 amide bonds. The van der Waals surface area contributed by atoms with E-state index in [4.69, 9.17) is 0 Å². The van der Waals surface area contributed by atoms with Crippen molar-refractivity contribution in [2.45, 2.75) is 44.1 Å². The summed E-state index contributed by atoms with van der Waals surface area (Å²) in [5.74, 6) is -0.877. The maximum absolute atomic E-state index is 11.9. The molecule has 1 heterocycles. The lowest BCUT2D eigenvalue weighted by Gasteiger charge is -2.38. The van der Waals surface area contributed by atoms with E-state index in [0.29, 0.717) is 25.8 Å². The highest BCUT2D eigenvalue weighted by Gasteiger charge is 2.51. The van der Waals surface area contributed by atoms with Crippen molar-refractivity contribution in [3.8, 4) is 0 Å². The van der Waals surface area contributed by atoms with Crippen LogP contribution in [0.15, 0.2) is 0 Å². The van der Waals surface area contributed by atoms with E-state index in [1.54, 1.807) is 0 Å². The molecule has 92 valence electrons. The van der Waals surface area contributed by atoms with Crippen molar-refractivity contribution in [1.29, 1.82) is 0 Å². The Labute approximate surface area is 95.5 Å². The fraction of sp³-hybridized carbons (Fsp3) is 0.900. The predicted molar refractivity (Wildman–Crippen MR) is 58.6 cm³/mol. The largest absolute Gasteiger partial charge is 0.480 e. The molecule has 0 radical (unpaired) electrons. The zero-order valence-corrected chi connectivity index (χ0v) is 10.0. The molecular formula is C10H17NO4S. The summed E-state index contributed by atoms with van der Waals surface area (Å²) >= 11 is 0. The van der Waals surface area contributed by atoms with Crippen LogP contribution in [0.25, 0.3) is 0 Å². The molecule has 16 heavy (non-hydrogen) atoms. The predicted octanol–water partition coefficient (Wildman–Crippen LogP) is 0.809. The molecule has 2 fully saturated rings. The quantitative estimate of drug-likeness (QED) is 0.783. The SMILES string of the molecule is O=C(O)C1(N2CCCCS2(=O)=O)CCCC1. The second-order valence-corrected chi connectivity index (χ2v) is 6.65. The Morgan fingerprint density at radius 3 is 2.25 bits per heavy atom. The van der Waals surface area contributed by atoms with Crippen molar-refractivity contribution in [1.82, 2.24) is 4.31 Å². The number of nitrogens with zero attached hydrogens (tertiary/aromatic N) is 1. The van der Waals surface area contributed by atoms with Gasteiger partial charge in [0.05, 0.1) is 5.75 Å². The third-order valence-corrected chi connectivity index (χ3v) is 5.66. The van der Waals surface area contributed by atoms with Gasteiger partial charge in [0.2, 0.25) is 10.0 Å². The van der Waals surface area contributed by atoms with Crippen LogP contribution in [0.4, 0.5) is 0 Å². The van der Waals surface area contributed by atoms with E-state index in [2.05, 4.69) is 0 Å². The minimum atomic E-state index is -3.36. The van der Waals surface area contributed by atoms with E-state index in [1.807, 2.05) is 0 Å². The Morgan fingerprint density at radius 1 is 1.12 bits per heavy atom. The van der Waals surface area contributed by atoms with E-state index in [9.17, 15) is 18.3 Å². The maximum Gasteiger partial charge on any atom is 0.325 e. The fourth-order valence-corrected chi connectivity index (χ4v) is 4.79. The lowest BCUT2D eigenvalue weighted by molar-refractivity contribution is -0.148. The van der Waals surface area contributed by atoms with Crippen LogP contribution in [0.5, 0.6) is 0 Å². The van der Waals surface area contributed by atoms with Gasteiger partial charge in [-0.2, -0.15) is 4.31 Å². The summed E-state index contributed by atoms with van der Waals surface area (Å²) in [4.78, 5) is 11.4. The topological polar surface area (TPSA) is 74.7 Å². The van der Waals surface area contributed by atoms with E-state index >= 15 is 0 Å².